The number of fused-ring (bicyclic) bond motifs is 1. The van der Waals surface area contributed by atoms with Crippen molar-refractivity contribution in [2.75, 3.05) is 13.1 Å². The Kier molecular flexibility index (Phi) is 3.77. The highest BCUT2D eigenvalue weighted by molar-refractivity contribution is 6.30. The standard InChI is InChI=1S/C18H19ClN2O/c19-13-4-5-16(21-11-13)18-10-15-14(2-1-3-17(15)22-18)12-6-8-20-9-7-12/h1-5,11-12,18,20H,6-10H2. The summed E-state index contributed by atoms with van der Waals surface area (Å²) in [7, 11) is 0. The molecule has 3 heterocycles. The first-order valence-corrected chi connectivity index (χ1v) is 8.29. The second kappa shape index (κ2) is 5.90. The molecule has 4 rings (SSSR count). The Morgan fingerprint density at radius 3 is 2.77 bits per heavy atom. The summed E-state index contributed by atoms with van der Waals surface area (Å²) in [6.45, 7) is 2.22. The Morgan fingerprint density at radius 1 is 1.14 bits per heavy atom. The first kappa shape index (κ1) is 14.0. The van der Waals surface area contributed by atoms with Crippen molar-refractivity contribution in [3.8, 4) is 5.75 Å². The molecule has 1 N–H and O–H groups in total. The second-order valence-electron chi connectivity index (χ2n) is 6.06. The molecule has 1 unspecified atom stereocenters. The van der Waals surface area contributed by atoms with E-state index in [0.29, 0.717) is 10.9 Å². The van der Waals surface area contributed by atoms with E-state index >= 15 is 0 Å². The largest absolute Gasteiger partial charge is 0.483 e. The zero-order valence-corrected chi connectivity index (χ0v) is 13.1. The van der Waals surface area contributed by atoms with Gasteiger partial charge in [0.05, 0.1) is 10.7 Å². The number of benzene rings is 1. The zero-order chi connectivity index (χ0) is 14.9. The number of aromatic nitrogens is 1. The van der Waals surface area contributed by atoms with Gasteiger partial charge in [0.15, 0.2) is 0 Å². The third-order valence-corrected chi connectivity index (χ3v) is 4.91. The summed E-state index contributed by atoms with van der Waals surface area (Å²) in [4.78, 5) is 4.42. The van der Waals surface area contributed by atoms with E-state index in [0.717, 1.165) is 31.0 Å². The van der Waals surface area contributed by atoms with Crippen molar-refractivity contribution in [1.29, 1.82) is 0 Å². The summed E-state index contributed by atoms with van der Waals surface area (Å²) in [5.74, 6) is 1.68. The van der Waals surface area contributed by atoms with Gasteiger partial charge in [-0.05, 0) is 55.6 Å². The Balaban J connectivity index is 1.61. The summed E-state index contributed by atoms with van der Waals surface area (Å²) >= 11 is 5.93. The minimum Gasteiger partial charge on any atom is -0.483 e. The number of rotatable bonds is 2. The lowest BCUT2D eigenvalue weighted by molar-refractivity contribution is 0.233. The topological polar surface area (TPSA) is 34.1 Å². The van der Waals surface area contributed by atoms with Gasteiger partial charge in [-0.3, -0.25) is 4.98 Å². The molecule has 0 saturated carbocycles. The van der Waals surface area contributed by atoms with Gasteiger partial charge in [0.2, 0.25) is 0 Å². The number of halogens is 1. The molecule has 2 aliphatic heterocycles. The number of hydrogen-bond acceptors (Lipinski definition) is 3. The average molecular weight is 315 g/mol. The van der Waals surface area contributed by atoms with Crippen molar-refractivity contribution in [2.24, 2.45) is 0 Å². The molecule has 0 spiro atoms. The van der Waals surface area contributed by atoms with Gasteiger partial charge in [0, 0.05) is 18.2 Å². The summed E-state index contributed by atoms with van der Waals surface area (Å²) < 4.78 is 6.14. The van der Waals surface area contributed by atoms with E-state index < -0.39 is 0 Å². The minimum atomic E-state index is 0.00938. The van der Waals surface area contributed by atoms with Crippen LogP contribution >= 0.6 is 11.6 Å². The van der Waals surface area contributed by atoms with E-state index in [2.05, 4.69) is 28.5 Å². The van der Waals surface area contributed by atoms with Gasteiger partial charge in [-0.15, -0.1) is 0 Å². The molecule has 4 heteroatoms. The molecule has 2 aliphatic rings. The lowest BCUT2D eigenvalue weighted by Crippen LogP contribution is -2.27. The Morgan fingerprint density at radius 2 is 2.00 bits per heavy atom. The SMILES string of the molecule is Clc1ccc(C2Cc3c(cccc3C3CCNCC3)O2)nc1. The monoisotopic (exact) mass is 314 g/mol. The molecule has 1 atom stereocenters. The van der Waals surface area contributed by atoms with Crippen LogP contribution in [-0.4, -0.2) is 18.1 Å². The molecular formula is C18H19ClN2O. The Hall–Kier alpha value is -1.58. The molecular weight excluding hydrogens is 296 g/mol. The molecule has 0 radical (unpaired) electrons. The third-order valence-electron chi connectivity index (χ3n) is 4.69. The van der Waals surface area contributed by atoms with Crippen LogP contribution < -0.4 is 10.1 Å². The molecule has 1 saturated heterocycles. The number of piperidine rings is 1. The van der Waals surface area contributed by atoms with Gasteiger partial charge in [-0.25, -0.2) is 0 Å². The molecule has 2 aromatic rings. The predicted molar refractivity (Wildman–Crippen MR) is 87.6 cm³/mol. The normalized spacial score (nSPS) is 21.4. The van der Waals surface area contributed by atoms with Crippen molar-refractivity contribution in [3.63, 3.8) is 0 Å². The number of pyridine rings is 1. The molecule has 0 aliphatic carbocycles. The molecule has 1 fully saturated rings. The van der Waals surface area contributed by atoms with Crippen LogP contribution in [-0.2, 0) is 6.42 Å². The third kappa shape index (κ3) is 2.59. The van der Waals surface area contributed by atoms with Crippen LogP contribution in [0, 0.1) is 0 Å². The van der Waals surface area contributed by atoms with E-state index in [1.807, 2.05) is 12.1 Å². The minimum absolute atomic E-state index is 0.00938. The van der Waals surface area contributed by atoms with E-state index in [1.54, 1.807) is 6.20 Å². The van der Waals surface area contributed by atoms with Crippen LogP contribution in [0.3, 0.4) is 0 Å². The van der Waals surface area contributed by atoms with E-state index in [1.165, 1.54) is 24.0 Å². The van der Waals surface area contributed by atoms with E-state index in [4.69, 9.17) is 16.3 Å². The Labute approximate surface area is 135 Å². The summed E-state index contributed by atoms with van der Waals surface area (Å²) in [6, 6.07) is 10.3. The van der Waals surface area contributed by atoms with E-state index in [-0.39, 0.29) is 6.10 Å². The van der Waals surface area contributed by atoms with Gasteiger partial charge in [-0.2, -0.15) is 0 Å². The first-order valence-electron chi connectivity index (χ1n) is 7.92. The zero-order valence-electron chi connectivity index (χ0n) is 12.4. The predicted octanol–water partition coefficient (Wildman–Crippen LogP) is 3.88. The van der Waals surface area contributed by atoms with Gasteiger partial charge in [0.25, 0.3) is 0 Å². The van der Waals surface area contributed by atoms with Crippen LogP contribution in [0.15, 0.2) is 36.5 Å². The summed E-state index contributed by atoms with van der Waals surface area (Å²) in [6.07, 6.45) is 5.02. The molecule has 22 heavy (non-hydrogen) atoms. The fraction of sp³-hybridized carbons (Fsp3) is 0.389. The first-order chi connectivity index (χ1) is 10.8. The lowest BCUT2D eigenvalue weighted by Gasteiger charge is -2.24. The van der Waals surface area contributed by atoms with Crippen LogP contribution in [0.1, 0.15) is 41.7 Å². The van der Waals surface area contributed by atoms with Gasteiger partial charge in [-0.1, -0.05) is 23.7 Å². The Bertz CT molecular complexity index is 665. The molecule has 0 amide bonds. The van der Waals surface area contributed by atoms with Crippen LogP contribution in [0.4, 0.5) is 0 Å². The highest BCUT2D eigenvalue weighted by atomic mass is 35.5. The van der Waals surface area contributed by atoms with Crippen molar-refractivity contribution in [2.45, 2.75) is 31.3 Å². The van der Waals surface area contributed by atoms with Crippen molar-refractivity contribution in [1.82, 2.24) is 10.3 Å². The molecule has 3 nitrogen and oxygen atoms in total. The number of ether oxygens (including phenoxy) is 1. The molecule has 114 valence electrons. The fourth-order valence-electron chi connectivity index (χ4n) is 3.55. The number of hydrogen-bond donors (Lipinski definition) is 1. The average Bonchev–Trinajstić information content (AvgIpc) is 3.00. The van der Waals surface area contributed by atoms with Gasteiger partial charge < -0.3 is 10.1 Å². The maximum atomic E-state index is 6.14. The summed E-state index contributed by atoms with van der Waals surface area (Å²) in [5.41, 5.74) is 3.79. The van der Waals surface area contributed by atoms with Crippen molar-refractivity contribution >= 4 is 11.6 Å². The van der Waals surface area contributed by atoms with Crippen LogP contribution in [0.2, 0.25) is 5.02 Å². The highest BCUT2D eigenvalue weighted by Gasteiger charge is 2.30. The number of nitrogens with one attached hydrogen (secondary N) is 1. The quantitative estimate of drug-likeness (QED) is 0.913. The lowest BCUT2D eigenvalue weighted by atomic mass is 9.86. The smallest absolute Gasteiger partial charge is 0.145 e. The van der Waals surface area contributed by atoms with Crippen LogP contribution in [0.25, 0.3) is 0 Å². The van der Waals surface area contributed by atoms with Gasteiger partial charge >= 0.3 is 0 Å². The highest BCUT2D eigenvalue weighted by Crippen LogP contribution is 2.41. The summed E-state index contributed by atoms with van der Waals surface area (Å²) in [5, 5.41) is 4.10. The van der Waals surface area contributed by atoms with Crippen LogP contribution in [0.5, 0.6) is 5.75 Å². The molecule has 1 aromatic heterocycles. The van der Waals surface area contributed by atoms with E-state index in [9.17, 15) is 0 Å². The second-order valence-corrected chi connectivity index (χ2v) is 6.50. The van der Waals surface area contributed by atoms with Crippen molar-refractivity contribution in [3.05, 3.63) is 58.4 Å². The molecule has 1 aromatic carbocycles. The maximum Gasteiger partial charge on any atom is 0.145 e. The number of nitrogens with zero attached hydrogens (tertiary/aromatic N) is 1. The fourth-order valence-corrected chi connectivity index (χ4v) is 3.66. The maximum absolute atomic E-state index is 6.14. The molecule has 0 bridgehead atoms. The van der Waals surface area contributed by atoms with Crippen molar-refractivity contribution < 1.29 is 4.74 Å². The van der Waals surface area contributed by atoms with Gasteiger partial charge in [0.1, 0.15) is 11.9 Å².